The first-order chi connectivity index (χ1) is 12.8. The van der Waals surface area contributed by atoms with Gasteiger partial charge in [0.05, 0.1) is 10.8 Å². The third-order valence-electron chi connectivity index (χ3n) is 4.08. The molecule has 5 nitrogen and oxygen atoms in total. The molecule has 1 atom stereocenters. The highest BCUT2D eigenvalue weighted by molar-refractivity contribution is 9.10. The first kappa shape index (κ1) is 19.6. The molecule has 3 aromatic rings. The van der Waals surface area contributed by atoms with Gasteiger partial charge in [-0.3, -0.25) is 4.79 Å². The molecule has 0 radical (unpaired) electrons. The number of carbonyl (C=O) groups is 1. The van der Waals surface area contributed by atoms with E-state index in [1.54, 1.807) is 0 Å². The van der Waals surface area contributed by atoms with Gasteiger partial charge in [-0.25, -0.2) is 0 Å². The lowest BCUT2D eigenvalue weighted by molar-refractivity contribution is -0.115. The monoisotopic (exact) mass is 445 g/mol. The average Bonchev–Trinajstić information content (AvgIpc) is 3.06. The van der Waals surface area contributed by atoms with E-state index in [1.807, 2.05) is 52.0 Å². The predicted molar refractivity (Wildman–Crippen MR) is 112 cm³/mol. The number of anilines is 1. The average molecular weight is 446 g/mol. The van der Waals surface area contributed by atoms with Gasteiger partial charge < -0.3 is 9.73 Å². The van der Waals surface area contributed by atoms with Gasteiger partial charge in [0.25, 0.3) is 5.22 Å². The molecule has 1 aromatic heterocycles. The Morgan fingerprint density at radius 1 is 1.15 bits per heavy atom. The fraction of sp³-hybridized carbons (Fsp3) is 0.250. The number of benzene rings is 2. The van der Waals surface area contributed by atoms with Crippen LogP contribution in [-0.2, 0) is 4.79 Å². The molecule has 0 aliphatic carbocycles. The van der Waals surface area contributed by atoms with Crippen LogP contribution in [0, 0.1) is 20.8 Å². The lowest BCUT2D eigenvalue weighted by atomic mass is 10.1. The maximum Gasteiger partial charge on any atom is 0.277 e. The summed E-state index contributed by atoms with van der Waals surface area (Å²) in [6, 6.07) is 11.7. The van der Waals surface area contributed by atoms with E-state index < -0.39 is 0 Å². The van der Waals surface area contributed by atoms with Crippen LogP contribution in [-0.4, -0.2) is 21.4 Å². The molecule has 0 saturated carbocycles. The second-order valence-electron chi connectivity index (χ2n) is 6.38. The van der Waals surface area contributed by atoms with Crippen molar-refractivity contribution in [2.24, 2.45) is 0 Å². The number of amides is 1. The molecule has 7 heteroatoms. The van der Waals surface area contributed by atoms with Crippen LogP contribution in [0.5, 0.6) is 0 Å². The van der Waals surface area contributed by atoms with Crippen molar-refractivity contribution >= 4 is 39.3 Å². The van der Waals surface area contributed by atoms with Crippen molar-refractivity contribution in [3.05, 3.63) is 57.6 Å². The van der Waals surface area contributed by atoms with E-state index in [4.69, 9.17) is 4.42 Å². The normalized spacial score (nSPS) is 12.0. The zero-order chi connectivity index (χ0) is 19.6. The molecule has 0 unspecified atom stereocenters. The van der Waals surface area contributed by atoms with Gasteiger partial charge in [0.2, 0.25) is 11.8 Å². The zero-order valence-electron chi connectivity index (χ0n) is 15.5. The van der Waals surface area contributed by atoms with E-state index in [9.17, 15) is 4.79 Å². The Labute approximate surface area is 171 Å². The fourth-order valence-electron chi connectivity index (χ4n) is 2.81. The number of thioether (sulfide) groups is 1. The molecule has 0 saturated heterocycles. The molecular weight excluding hydrogens is 426 g/mol. The van der Waals surface area contributed by atoms with E-state index >= 15 is 0 Å². The molecule has 1 amide bonds. The Morgan fingerprint density at radius 3 is 2.48 bits per heavy atom. The maximum absolute atomic E-state index is 12.6. The molecule has 1 N–H and O–H groups in total. The van der Waals surface area contributed by atoms with Crippen LogP contribution in [0.15, 0.2) is 50.5 Å². The van der Waals surface area contributed by atoms with E-state index in [1.165, 1.54) is 17.3 Å². The molecule has 27 heavy (non-hydrogen) atoms. The first-order valence-corrected chi connectivity index (χ1v) is 10.2. The molecule has 1 heterocycles. The smallest absolute Gasteiger partial charge is 0.277 e. The van der Waals surface area contributed by atoms with Crippen LogP contribution in [0.4, 0.5) is 5.69 Å². The second-order valence-corrected chi connectivity index (χ2v) is 8.52. The summed E-state index contributed by atoms with van der Waals surface area (Å²) in [6.07, 6.45) is 0. The van der Waals surface area contributed by atoms with Crippen molar-refractivity contribution in [1.29, 1.82) is 0 Å². The van der Waals surface area contributed by atoms with Crippen LogP contribution in [0.1, 0.15) is 23.6 Å². The molecule has 0 fully saturated rings. The van der Waals surface area contributed by atoms with Crippen molar-refractivity contribution in [2.45, 2.75) is 38.2 Å². The Hall–Kier alpha value is -2.12. The van der Waals surface area contributed by atoms with Gasteiger partial charge in [0.15, 0.2) is 0 Å². The van der Waals surface area contributed by atoms with Crippen LogP contribution in [0.2, 0.25) is 0 Å². The zero-order valence-corrected chi connectivity index (χ0v) is 17.9. The summed E-state index contributed by atoms with van der Waals surface area (Å²) in [7, 11) is 0. The van der Waals surface area contributed by atoms with E-state index in [0.29, 0.717) is 11.1 Å². The van der Waals surface area contributed by atoms with Gasteiger partial charge in [0, 0.05) is 10.2 Å². The summed E-state index contributed by atoms with van der Waals surface area (Å²) in [6.45, 7) is 7.86. The standard InChI is InChI=1S/C20H20BrN3O2S/c1-11-9-12(2)17(13(3)10-11)22-18(25)14(4)27-20-24-23-19(26-20)15-7-5-6-8-16(15)21/h5-10,14H,1-4H3,(H,22,25)/t14-/m1/s1. The molecule has 0 aliphatic heterocycles. The quantitative estimate of drug-likeness (QED) is 0.521. The van der Waals surface area contributed by atoms with Crippen molar-refractivity contribution in [3.8, 4) is 11.5 Å². The number of carbonyl (C=O) groups excluding carboxylic acids is 1. The molecule has 0 spiro atoms. The van der Waals surface area contributed by atoms with Gasteiger partial charge in [-0.1, -0.05) is 41.6 Å². The third kappa shape index (κ3) is 4.59. The SMILES string of the molecule is Cc1cc(C)c(NC(=O)[C@@H](C)Sc2nnc(-c3ccccc3Br)o2)c(C)c1. The Morgan fingerprint density at radius 2 is 1.81 bits per heavy atom. The van der Waals surface area contributed by atoms with E-state index in [-0.39, 0.29) is 11.2 Å². The fourth-order valence-corrected chi connectivity index (χ4v) is 3.95. The molecule has 0 aliphatic rings. The number of aromatic nitrogens is 2. The van der Waals surface area contributed by atoms with Gasteiger partial charge in [0.1, 0.15) is 0 Å². The van der Waals surface area contributed by atoms with Crippen LogP contribution >= 0.6 is 27.7 Å². The minimum atomic E-state index is -0.377. The number of nitrogens with zero attached hydrogens (tertiary/aromatic N) is 2. The molecule has 2 aromatic carbocycles. The van der Waals surface area contributed by atoms with Crippen molar-refractivity contribution in [2.75, 3.05) is 5.32 Å². The first-order valence-electron chi connectivity index (χ1n) is 8.49. The van der Waals surface area contributed by atoms with Gasteiger partial charge in [-0.05, 0) is 66.9 Å². The predicted octanol–water partition coefficient (Wildman–Crippen LogP) is 5.54. The lowest BCUT2D eigenvalue weighted by Gasteiger charge is -2.15. The van der Waals surface area contributed by atoms with Gasteiger partial charge in [-0.2, -0.15) is 0 Å². The number of halogens is 1. The topological polar surface area (TPSA) is 68.0 Å². The van der Waals surface area contributed by atoms with E-state index in [0.717, 1.165) is 26.9 Å². The Bertz CT molecular complexity index is 964. The molecule has 0 bridgehead atoms. The Kier molecular flexibility index (Phi) is 6.01. The summed E-state index contributed by atoms with van der Waals surface area (Å²) in [5, 5.41) is 11.1. The minimum Gasteiger partial charge on any atom is -0.411 e. The van der Waals surface area contributed by atoms with Crippen LogP contribution < -0.4 is 5.32 Å². The largest absolute Gasteiger partial charge is 0.411 e. The highest BCUT2D eigenvalue weighted by atomic mass is 79.9. The van der Waals surface area contributed by atoms with Crippen LogP contribution in [0.3, 0.4) is 0 Å². The third-order valence-corrected chi connectivity index (χ3v) is 5.71. The highest BCUT2D eigenvalue weighted by Crippen LogP contribution is 2.31. The second kappa shape index (κ2) is 8.27. The number of hydrogen-bond acceptors (Lipinski definition) is 5. The number of aryl methyl sites for hydroxylation is 3. The van der Waals surface area contributed by atoms with Crippen molar-refractivity contribution in [3.63, 3.8) is 0 Å². The highest BCUT2D eigenvalue weighted by Gasteiger charge is 2.20. The van der Waals surface area contributed by atoms with Gasteiger partial charge >= 0.3 is 0 Å². The Balaban J connectivity index is 1.70. The molecular formula is C20H20BrN3O2S. The summed E-state index contributed by atoms with van der Waals surface area (Å²) in [5.41, 5.74) is 4.95. The summed E-state index contributed by atoms with van der Waals surface area (Å²) in [4.78, 5) is 12.6. The number of rotatable bonds is 5. The number of hydrogen-bond donors (Lipinski definition) is 1. The molecule has 3 rings (SSSR count). The van der Waals surface area contributed by atoms with Crippen LogP contribution in [0.25, 0.3) is 11.5 Å². The summed E-state index contributed by atoms with van der Waals surface area (Å²) >= 11 is 4.71. The summed E-state index contributed by atoms with van der Waals surface area (Å²) in [5.74, 6) is 0.318. The van der Waals surface area contributed by atoms with E-state index in [2.05, 4.69) is 43.6 Å². The van der Waals surface area contributed by atoms with Crippen molar-refractivity contribution in [1.82, 2.24) is 10.2 Å². The van der Waals surface area contributed by atoms with Gasteiger partial charge in [-0.15, -0.1) is 10.2 Å². The lowest BCUT2D eigenvalue weighted by Crippen LogP contribution is -2.23. The molecule has 140 valence electrons. The number of nitrogens with one attached hydrogen (secondary N) is 1. The summed E-state index contributed by atoms with van der Waals surface area (Å²) < 4.78 is 6.59. The maximum atomic E-state index is 12.6. The minimum absolute atomic E-state index is 0.101. The van der Waals surface area contributed by atoms with Crippen molar-refractivity contribution < 1.29 is 9.21 Å².